The summed E-state index contributed by atoms with van der Waals surface area (Å²) in [5.41, 5.74) is 4.13. The third kappa shape index (κ3) is 3.30. The Hall–Kier alpha value is -0.860. The second-order valence-corrected chi connectivity index (χ2v) is 5.34. The summed E-state index contributed by atoms with van der Waals surface area (Å²) >= 11 is 0. The van der Waals surface area contributed by atoms with Crippen molar-refractivity contribution in [2.45, 2.75) is 33.2 Å². The van der Waals surface area contributed by atoms with Crippen LogP contribution in [0.2, 0.25) is 0 Å². The molecule has 2 nitrogen and oxygen atoms in total. The molecule has 94 valence electrons. The van der Waals surface area contributed by atoms with Crippen LogP contribution in [0.15, 0.2) is 18.2 Å². The van der Waals surface area contributed by atoms with Gasteiger partial charge < -0.3 is 5.11 Å². The van der Waals surface area contributed by atoms with Crippen molar-refractivity contribution in [3.63, 3.8) is 0 Å². The fourth-order valence-corrected chi connectivity index (χ4v) is 2.60. The topological polar surface area (TPSA) is 23.5 Å². The van der Waals surface area contributed by atoms with Crippen LogP contribution in [-0.2, 0) is 6.54 Å². The number of rotatable bonds is 3. The van der Waals surface area contributed by atoms with Crippen LogP contribution in [0.4, 0.5) is 0 Å². The van der Waals surface area contributed by atoms with Gasteiger partial charge in [0.15, 0.2) is 0 Å². The van der Waals surface area contributed by atoms with Crippen molar-refractivity contribution in [2.24, 2.45) is 5.92 Å². The lowest BCUT2D eigenvalue weighted by atomic mass is 9.98. The second kappa shape index (κ2) is 5.65. The largest absolute Gasteiger partial charge is 0.396 e. The number of aliphatic hydroxyl groups is 1. The van der Waals surface area contributed by atoms with E-state index < -0.39 is 0 Å². The normalized spacial score (nSPS) is 21.7. The molecule has 1 heterocycles. The van der Waals surface area contributed by atoms with E-state index in [1.165, 1.54) is 36.1 Å². The highest BCUT2D eigenvalue weighted by molar-refractivity contribution is 5.29. The van der Waals surface area contributed by atoms with E-state index in [1.807, 2.05) is 0 Å². The zero-order valence-corrected chi connectivity index (χ0v) is 10.9. The van der Waals surface area contributed by atoms with Crippen molar-refractivity contribution in [2.75, 3.05) is 19.7 Å². The average Bonchev–Trinajstić information content (AvgIpc) is 2.34. The molecule has 2 rings (SSSR count). The quantitative estimate of drug-likeness (QED) is 0.867. The van der Waals surface area contributed by atoms with E-state index in [4.69, 9.17) is 0 Å². The number of nitrogens with zero attached hydrogens (tertiary/aromatic N) is 1. The van der Waals surface area contributed by atoms with E-state index in [0.29, 0.717) is 12.5 Å². The molecule has 1 aromatic carbocycles. The van der Waals surface area contributed by atoms with Crippen molar-refractivity contribution < 1.29 is 5.11 Å². The van der Waals surface area contributed by atoms with Crippen LogP contribution in [0.5, 0.6) is 0 Å². The number of hydrogen-bond donors (Lipinski definition) is 1. The number of likely N-dealkylation sites (tertiary alicyclic amines) is 1. The molecule has 0 aliphatic carbocycles. The van der Waals surface area contributed by atoms with Crippen molar-refractivity contribution in [3.05, 3.63) is 34.9 Å². The first kappa shape index (κ1) is 12.6. The van der Waals surface area contributed by atoms with Gasteiger partial charge in [0.25, 0.3) is 0 Å². The van der Waals surface area contributed by atoms with Gasteiger partial charge in [-0.05, 0) is 55.8 Å². The highest BCUT2D eigenvalue weighted by Crippen LogP contribution is 2.19. The van der Waals surface area contributed by atoms with Crippen LogP contribution in [0.3, 0.4) is 0 Å². The minimum Gasteiger partial charge on any atom is -0.396 e. The summed E-state index contributed by atoms with van der Waals surface area (Å²) in [5.74, 6) is 0.482. The Morgan fingerprint density at radius 3 is 2.82 bits per heavy atom. The van der Waals surface area contributed by atoms with Gasteiger partial charge >= 0.3 is 0 Å². The molecule has 1 saturated heterocycles. The highest BCUT2D eigenvalue weighted by atomic mass is 16.3. The molecule has 1 N–H and O–H groups in total. The summed E-state index contributed by atoms with van der Waals surface area (Å²) in [7, 11) is 0. The molecule has 0 aromatic heterocycles. The molecule has 1 aliphatic heterocycles. The van der Waals surface area contributed by atoms with Crippen LogP contribution in [0.25, 0.3) is 0 Å². The molecule has 1 aromatic rings. The predicted molar refractivity (Wildman–Crippen MR) is 71.0 cm³/mol. The van der Waals surface area contributed by atoms with Gasteiger partial charge in [0, 0.05) is 19.7 Å². The molecule has 2 heteroatoms. The third-order valence-electron chi connectivity index (χ3n) is 3.84. The molecule has 0 unspecified atom stereocenters. The first-order chi connectivity index (χ1) is 8.19. The van der Waals surface area contributed by atoms with Crippen molar-refractivity contribution >= 4 is 0 Å². The predicted octanol–water partition coefficient (Wildman–Crippen LogP) is 2.51. The van der Waals surface area contributed by atoms with Crippen LogP contribution in [-0.4, -0.2) is 29.7 Å². The van der Waals surface area contributed by atoms with E-state index in [2.05, 4.69) is 36.9 Å². The van der Waals surface area contributed by atoms with Gasteiger partial charge in [0.2, 0.25) is 0 Å². The molecular weight excluding hydrogens is 210 g/mol. The standard InChI is InChI=1S/C15H23NO/c1-12-5-6-14(8-13(12)2)9-16-7-3-4-15(10-16)11-17/h5-6,8,15,17H,3-4,7,9-11H2,1-2H3/t15-/m0/s1. The van der Waals surface area contributed by atoms with E-state index in [1.54, 1.807) is 0 Å². The van der Waals surface area contributed by atoms with Crippen LogP contribution < -0.4 is 0 Å². The van der Waals surface area contributed by atoms with Crippen LogP contribution >= 0.6 is 0 Å². The number of aryl methyl sites for hydroxylation is 2. The van der Waals surface area contributed by atoms with Gasteiger partial charge in [-0.3, -0.25) is 4.90 Å². The molecule has 17 heavy (non-hydrogen) atoms. The van der Waals surface area contributed by atoms with Gasteiger partial charge in [-0.15, -0.1) is 0 Å². The third-order valence-corrected chi connectivity index (χ3v) is 3.84. The number of benzene rings is 1. The number of piperidine rings is 1. The molecule has 1 atom stereocenters. The maximum Gasteiger partial charge on any atom is 0.0471 e. The van der Waals surface area contributed by atoms with E-state index in [9.17, 15) is 5.11 Å². The highest BCUT2D eigenvalue weighted by Gasteiger charge is 2.18. The Morgan fingerprint density at radius 2 is 2.12 bits per heavy atom. The lowest BCUT2D eigenvalue weighted by molar-refractivity contribution is 0.116. The van der Waals surface area contributed by atoms with Gasteiger partial charge in [0.05, 0.1) is 0 Å². The van der Waals surface area contributed by atoms with Gasteiger partial charge in [0.1, 0.15) is 0 Å². The first-order valence-corrected chi connectivity index (χ1v) is 6.58. The number of hydrogen-bond acceptors (Lipinski definition) is 2. The summed E-state index contributed by atoms with van der Waals surface area (Å²) in [6, 6.07) is 6.72. The minimum atomic E-state index is 0.337. The molecule has 0 saturated carbocycles. The monoisotopic (exact) mass is 233 g/mol. The van der Waals surface area contributed by atoms with Gasteiger partial charge in [-0.2, -0.15) is 0 Å². The molecule has 0 amide bonds. The first-order valence-electron chi connectivity index (χ1n) is 6.58. The zero-order chi connectivity index (χ0) is 12.3. The van der Waals surface area contributed by atoms with E-state index in [-0.39, 0.29) is 0 Å². The maximum atomic E-state index is 9.23. The Labute approximate surface area is 104 Å². The van der Waals surface area contributed by atoms with Crippen molar-refractivity contribution in [1.29, 1.82) is 0 Å². The Balaban J connectivity index is 1.97. The lowest BCUT2D eigenvalue weighted by Gasteiger charge is -2.31. The lowest BCUT2D eigenvalue weighted by Crippen LogP contribution is -2.36. The van der Waals surface area contributed by atoms with Crippen molar-refractivity contribution in [3.8, 4) is 0 Å². The fourth-order valence-electron chi connectivity index (χ4n) is 2.60. The molecule has 1 aliphatic rings. The molecule has 0 radical (unpaired) electrons. The Kier molecular flexibility index (Phi) is 4.19. The minimum absolute atomic E-state index is 0.337. The summed E-state index contributed by atoms with van der Waals surface area (Å²) in [6.07, 6.45) is 2.40. The molecular formula is C15H23NO. The summed E-state index contributed by atoms with van der Waals surface area (Å²) in [6.45, 7) is 7.90. The van der Waals surface area contributed by atoms with Crippen LogP contribution in [0, 0.1) is 19.8 Å². The average molecular weight is 233 g/mol. The number of aliphatic hydroxyl groups excluding tert-OH is 1. The van der Waals surface area contributed by atoms with Crippen LogP contribution in [0.1, 0.15) is 29.5 Å². The fraction of sp³-hybridized carbons (Fsp3) is 0.600. The molecule has 0 bridgehead atoms. The van der Waals surface area contributed by atoms with E-state index in [0.717, 1.165) is 13.1 Å². The van der Waals surface area contributed by atoms with Gasteiger partial charge in [-0.25, -0.2) is 0 Å². The molecule has 0 spiro atoms. The zero-order valence-electron chi connectivity index (χ0n) is 10.9. The van der Waals surface area contributed by atoms with Gasteiger partial charge in [-0.1, -0.05) is 18.2 Å². The maximum absolute atomic E-state index is 9.23. The summed E-state index contributed by atoms with van der Waals surface area (Å²) in [4.78, 5) is 2.47. The van der Waals surface area contributed by atoms with E-state index >= 15 is 0 Å². The van der Waals surface area contributed by atoms with Crippen molar-refractivity contribution in [1.82, 2.24) is 4.90 Å². The second-order valence-electron chi connectivity index (χ2n) is 5.34. The molecule has 1 fully saturated rings. The summed E-state index contributed by atoms with van der Waals surface area (Å²) in [5, 5.41) is 9.23. The smallest absolute Gasteiger partial charge is 0.0471 e. The Morgan fingerprint density at radius 1 is 1.29 bits per heavy atom. The SMILES string of the molecule is Cc1ccc(CN2CCC[C@H](CO)C2)cc1C. The summed E-state index contributed by atoms with van der Waals surface area (Å²) < 4.78 is 0. The Bertz CT molecular complexity index is 375.